The van der Waals surface area contributed by atoms with Crippen molar-refractivity contribution in [3.63, 3.8) is 0 Å². The highest BCUT2D eigenvalue weighted by Crippen LogP contribution is 2.29. The van der Waals surface area contributed by atoms with E-state index in [4.69, 9.17) is 0 Å². The summed E-state index contributed by atoms with van der Waals surface area (Å²) in [6.45, 7) is 6.17. The van der Waals surface area contributed by atoms with E-state index in [1.807, 2.05) is 32.0 Å². The van der Waals surface area contributed by atoms with Gasteiger partial charge in [-0.05, 0) is 51.2 Å². The van der Waals surface area contributed by atoms with Gasteiger partial charge in [0, 0.05) is 11.6 Å². The quantitative estimate of drug-likeness (QED) is 0.804. The van der Waals surface area contributed by atoms with Gasteiger partial charge in [-0.15, -0.1) is 0 Å². The Morgan fingerprint density at radius 3 is 2.50 bits per heavy atom. The number of carbonyl (C=O) groups excluding carboxylic acids is 2. The van der Waals surface area contributed by atoms with Gasteiger partial charge < -0.3 is 10.6 Å². The minimum Gasteiger partial charge on any atom is -0.352 e. The van der Waals surface area contributed by atoms with E-state index in [9.17, 15) is 9.59 Å². The maximum atomic E-state index is 12.2. The maximum absolute atomic E-state index is 12.2. The van der Waals surface area contributed by atoms with Gasteiger partial charge in [-0.2, -0.15) is 0 Å². The van der Waals surface area contributed by atoms with Crippen molar-refractivity contribution in [3.8, 4) is 0 Å². The summed E-state index contributed by atoms with van der Waals surface area (Å²) >= 11 is 0. The van der Waals surface area contributed by atoms with Crippen LogP contribution in [0.2, 0.25) is 0 Å². The average molecular weight is 330 g/mol. The number of carbonyl (C=O) groups is 2. The van der Waals surface area contributed by atoms with E-state index < -0.39 is 0 Å². The van der Waals surface area contributed by atoms with E-state index in [1.54, 1.807) is 0 Å². The minimum absolute atomic E-state index is 0.0445. The molecule has 2 rings (SSSR count). The Labute approximate surface area is 145 Å². The fourth-order valence-electron chi connectivity index (χ4n) is 3.66. The van der Waals surface area contributed by atoms with Gasteiger partial charge in [0.05, 0.1) is 6.54 Å². The number of unbranched alkanes of at least 4 members (excludes halogenated alkanes) is 1. The maximum Gasteiger partial charge on any atom is 0.251 e. The van der Waals surface area contributed by atoms with Crippen LogP contribution in [0.15, 0.2) is 18.2 Å². The van der Waals surface area contributed by atoms with Crippen molar-refractivity contribution < 1.29 is 9.59 Å². The van der Waals surface area contributed by atoms with E-state index >= 15 is 0 Å². The second-order valence-electron chi connectivity index (χ2n) is 7.07. The predicted octanol–water partition coefficient (Wildman–Crippen LogP) is 3.51. The Morgan fingerprint density at radius 1 is 1.12 bits per heavy atom. The summed E-state index contributed by atoms with van der Waals surface area (Å²) in [7, 11) is 0. The van der Waals surface area contributed by atoms with Crippen LogP contribution in [-0.4, -0.2) is 24.4 Å². The van der Waals surface area contributed by atoms with Gasteiger partial charge in [0.2, 0.25) is 5.91 Å². The van der Waals surface area contributed by atoms with E-state index in [2.05, 4.69) is 17.6 Å². The largest absolute Gasteiger partial charge is 0.352 e. The highest BCUT2D eigenvalue weighted by Gasteiger charge is 2.27. The predicted molar refractivity (Wildman–Crippen MR) is 97.0 cm³/mol. The zero-order valence-corrected chi connectivity index (χ0v) is 15.2. The Hall–Kier alpha value is -1.84. The van der Waals surface area contributed by atoms with E-state index in [-0.39, 0.29) is 24.4 Å². The van der Waals surface area contributed by atoms with E-state index in [1.165, 1.54) is 32.1 Å². The zero-order chi connectivity index (χ0) is 17.5. The summed E-state index contributed by atoms with van der Waals surface area (Å²) in [6.07, 6.45) is 7.07. The molecule has 0 aromatic heterocycles. The molecular formula is C20H30N2O2. The third-order valence-electron chi connectivity index (χ3n) is 4.83. The lowest BCUT2D eigenvalue weighted by molar-refractivity contribution is -0.121. The first-order chi connectivity index (χ1) is 11.5. The van der Waals surface area contributed by atoms with Crippen LogP contribution < -0.4 is 10.6 Å². The second-order valence-corrected chi connectivity index (χ2v) is 7.07. The van der Waals surface area contributed by atoms with Crippen LogP contribution in [0.5, 0.6) is 0 Å². The van der Waals surface area contributed by atoms with Gasteiger partial charge in [0.1, 0.15) is 0 Å². The van der Waals surface area contributed by atoms with Crippen molar-refractivity contribution >= 4 is 11.8 Å². The molecule has 2 unspecified atom stereocenters. The molecule has 0 aliphatic heterocycles. The summed E-state index contributed by atoms with van der Waals surface area (Å²) in [6, 6.07) is 6.00. The summed E-state index contributed by atoms with van der Waals surface area (Å²) in [4.78, 5) is 24.4. The third kappa shape index (κ3) is 5.36. The van der Waals surface area contributed by atoms with Gasteiger partial charge in [0.15, 0.2) is 0 Å². The molecule has 132 valence electrons. The number of benzene rings is 1. The van der Waals surface area contributed by atoms with Crippen molar-refractivity contribution in [1.29, 1.82) is 0 Å². The highest BCUT2D eigenvalue weighted by atomic mass is 16.2. The molecule has 0 saturated heterocycles. The van der Waals surface area contributed by atoms with Gasteiger partial charge >= 0.3 is 0 Å². The van der Waals surface area contributed by atoms with Crippen molar-refractivity contribution in [1.82, 2.24) is 10.6 Å². The van der Waals surface area contributed by atoms with Crippen LogP contribution in [0.3, 0.4) is 0 Å². The highest BCUT2D eigenvalue weighted by molar-refractivity contribution is 5.96. The molecule has 0 heterocycles. The molecule has 1 saturated carbocycles. The van der Waals surface area contributed by atoms with E-state index in [0.29, 0.717) is 11.5 Å². The summed E-state index contributed by atoms with van der Waals surface area (Å²) < 4.78 is 0. The number of nitrogens with one attached hydrogen (secondary N) is 2. The lowest BCUT2D eigenvalue weighted by atomic mass is 9.97. The molecule has 1 fully saturated rings. The average Bonchev–Trinajstić information content (AvgIpc) is 2.96. The molecule has 2 N–H and O–H groups in total. The van der Waals surface area contributed by atoms with Gasteiger partial charge in [0.25, 0.3) is 5.91 Å². The monoisotopic (exact) mass is 330 g/mol. The fourth-order valence-corrected chi connectivity index (χ4v) is 3.66. The van der Waals surface area contributed by atoms with Gasteiger partial charge in [-0.3, -0.25) is 9.59 Å². The first kappa shape index (κ1) is 18.5. The molecule has 1 aromatic rings. The lowest BCUT2D eigenvalue weighted by Gasteiger charge is -2.21. The SMILES string of the molecule is CCCCC1CCCC1NC(=O)CNC(=O)c1cc(C)cc(C)c1. The summed E-state index contributed by atoms with van der Waals surface area (Å²) in [5.74, 6) is 0.330. The van der Waals surface area contributed by atoms with Crippen LogP contribution >= 0.6 is 0 Å². The summed E-state index contributed by atoms with van der Waals surface area (Å²) in [5, 5.41) is 5.85. The molecule has 0 bridgehead atoms. The zero-order valence-electron chi connectivity index (χ0n) is 15.2. The summed E-state index contributed by atoms with van der Waals surface area (Å²) in [5.41, 5.74) is 2.71. The van der Waals surface area contributed by atoms with Crippen molar-refractivity contribution in [2.24, 2.45) is 5.92 Å². The number of amides is 2. The van der Waals surface area contributed by atoms with Crippen molar-refractivity contribution in [2.75, 3.05) is 6.54 Å². The molecule has 2 atom stereocenters. The van der Waals surface area contributed by atoms with Crippen LogP contribution in [0, 0.1) is 19.8 Å². The molecule has 24 heavy (non-hydrogen) atoms. The minimum atomic E-state index is -0.189. The number of hydrogen-bond acceptors (Lipinski definition) is 2. The van der Waals surface area contributed by atoms with Crippen molar-refractivity contribution in [3.05, 3.63) is 34.9 Å². The fraction of sp³-hybridized carbons (Fsp3) is 0.600. The Bertz CT molecular complexity index is 563. The first-order valence-corrected chi connectivity index (χ1v) is 9.15. The van der Waals surface area contributed by atoms with E-state index in [0.717, 1.165) is 17.5 Å². The standard InChI is InChI=1S/C20H30N2O2/c1-4-5-7-16-8-6-9-18(16)22-19(23)13-21-20(24)17-11-14(2)10-15(3)12-17/h10-12,16,18H,4-9,13H2,1-3H3,(H,21,24)(H,22,23). The topological polar surface area (TPSA) is 58.2 Å². The molecule has 1 aromatic carbocycles. The Morgan fingerprint density at radius 2 is 1.83 bits per heavy atom. The van der Waals surface area contributed by atoms with Crippen LogP contribution in [-0.2, 0) is 4.79 Å². The normalized spacial score (nSPS) is 20.0. The second kappa shape index (κ2) is 8.86. The van der Waals surface area contributed by atoms with Gasteiger partial charge in [-0.1, -0.05) is 43.4 Å². The molecule has 1 aliphatic rings. The molecule has 1 aliphatic carbocycles. The molecular weight excluding hydrogens is 300 g/mol. The smallest absolute Gasteiger partial charge is 0.251 e. The lowest BCUT2D eigenvalue weighted by Crippen LogP contribution is -2.43. The third-order valence-corrected chi connectivity index (χ3v) is 4.83. The number of hydrogen-bond donors (Lipinski definition) is 2. The Balaban J connectivity index is 1.81. The molecule has 4 heteroatoms. The molecule has 2 amide bonds. The molecule has 0 radical (unpaired) electrons. The Kier molecular flexibility index (Phi) is 6.83. The van der Waals surface area contributed by atoms with Crippen LogP contribution in [0.25, 0.3) is 0 Å². The number of aryl methyl sites for hydroxylation is 2. The van der Waals surface area contributed by atoms with Crippen LogP contribution in [0.1, 0.15) is 66.9 Å². The first-order valence-electron chi connectivity index (χ1n) is 9.15. The van der Waals surface area contributed by atoms with Crippen LogP contribution in [0.4, 0.5) is 0 Å². The van der Waals surface area contributed by atoms with Gasteiger partial charge in [-0.25, -0.2) is 0 Å². The van der Waals surface area contributed by atoms with Crippen molar-refractivity contribution in [2.45, 2.75) is 65.3 Å². The number of rotatable bonds is 7. The molecule has 4 nitrogen and oxygen atoms in total. The molecule has 0 spiro atoms.